The third-order valence-corrected chi connectivity index (χ3v) is 5.38. The van der Waals surface area contributed by atoms with Gasteiger partial charge in [0.05, 0.1) is 16.4 Å². The summed E-state index contributed by atoms with van der Waals surface area (Å²) >= 11 is 0. The minimum absolute atomic E-state index is 0.0809. The first-order valence-electron chi connectivity index (χ1n) is 10.2. The number of aromatic nitrogens is 2. The zero-order valence-electron chi connectivity index (χ0n) is 18.2. The molecular formula is C24H24N2O6. The molecule has 0 unspecified atom stereocenters. The number of ether oxygens (including phenoxy) is 4. The van der Waals surface area contributed by atoms with E-state index in [9.17, 15) is 0 Å². The smallest absolute Gasteiger partial charge is 0.214 e. The largest absolute Gasteiger partial charge is 0.467 e. The van der Waals surface area contributed by atoms with E-state index in [1.807, 2.05) is 48.5 Å². The molecule has 32 heavy (non-hydrogen) atoms. The van der Waals surface area contributed by atoms with Crippen LogP contribution in [-0.2, 0) is 14.2 Å². The Kier molecular flexibility index (Phi) is 5.48. The highest BCUT2D eigenvalue weighted by Gasteiger charge is 2.24. The van der Waals surface area contributed by atoms with Gasteiger partial charge in [-0.2, -0.15) is 9.46 Å². The van der Waals surface area contributed by atoms with Gasteiger partial charge in [0, 0.05) is 37.5 Å². The molecule has 0 saturated heterocycles. The van der Waals surface area contributed by atoms with E-state index < -0.39 is 0 Å². The van der Waals surface area contributed by atoms with Crippen molar-refractivity contribution in [1.82, 2.24) is 9.46 Å². The Balaban J connectivity index is 1.99. The topological polar surface area (TPSA) is 65.2 Å². The fourth-order valence-corrected chi connectivity index (χ4v) is 4.20. The predicted molar refractivity (Wildman–Crippen MR) is 122 cm³/mol. The first kappa shape index (κ1) is 20.4. The first-order valence-corrected chi connectivity index (χ1v) is 10.2. The number of rotatable bonds is 9. The number of benzene rings is 3. The Labute approximate surface area is 184 Å². The molecule has 0 fully saturated rings. The summed E-state index contributed by atoms with van der Waals surface area (Å²) in [7, 11) is 4.79. The number of para-hydroxylation sites is 2. The van der Waals surface area contributed by atoms with Crippen molar-refractivity contribution in [1.29, 1.82) is 0 Å². The van der Waals surface area contributed by atoms with Gasteiger partial charge in [-0.1, -0.05) is 36.4 Å². The van der Waals surface area contributed by atoms with E-state index in [1.54, 1.807) is 30.8 Å². The van der Waals surface area contributed by atoms with Gasteiger partial charge in [0.1, 0.15) is 16.8 Å². The van der Waals surface area contributed by atoms with Crippen LogP contribution in [0.5, 0.6) is 5.75 Å². The summed E-state index contributed by atoms with van der Waals surface area (Å²) in [4.78, 5) is 12.1. The van der Waals surface area contributed by atoms with Crippen LogP contribution in [-0.4, -0.2) is 51.2 Å². The van der Waals surface area contributed by atoms with Crippen LogP contribution in [0.15, 0.2) is 54.6 Å². The third-order valence-electron chi connectivity index (χ3n) is 5.38. The van der Waals surface area contributed by atoms with Gasteiger partial charge in [-0.05, 0) is 18.2 Å². The Hall–Kier alpha value is -3.46. The van der Waals surface area contributed by atoms with E-state index in [0.717, 1.165) is 43.6 Å². The second-order valence-corrected chi connectivity index (χ2v) is 7.24. The van der Waals surface area contributed by atoms with E-state index >= 15 is 0 Å². The van der Waals surface area contributed by atoms with Gasteiger partial charge in [-0.3, -0.25) is 0 Å². The number of hydrogen-bond donors (Lipinski definition) is 0. The summed E-state index contributed by atoms with van der Waals surface area (Å²) in [6.45, 7) is 0.297. The lowest BCUT2D eigenvalue weighted by Crippen LogP contribution is -2.16. The second kappa shape index (κ2) is 8.58. The summed E-state index contributed by atoms with van der Waals surface area (Å²) < 4.78 is 25.3. The third kappa shape index (κ3) is 3.12. The number of nitrogens with zero attached hydrogens (tertiary/aromatic N) is 2. The summed E-state index contributed by atoms with van der Waals surface area (Å²) in [5.41, 5.74) is 3.45. The van der Waals surface area contributed by atoms with Gasteiger partial charge in [0.2, 0.25) is 13.6 Å². The lowest BCUT2D eigenvalue weighted by Gasteiger charge is -2.14. The molecule has 0 saturated carbocycles. The molecule has 0 aliphatic rings. The SMILES string of the molecule is COCOc1cc2c3ccccc3n(OCOC)c2c2c1c1ccccc1n2OCOC. The molecule has 8 heteroatoms. The van der Waals surface area contributed by atoms with Crippen LogP contribution in [0, 0.1) is 0 Å². The molecule has 2 aromatic heterocycles. The van der Waals surface area contributed by atoms with Crippen LogP contribution in [0.3, 0.4) is 0 Å². The number of fused-ring (bicyclic) bond motifs is 7. The minimum Gasteiger partial charge on any atom is -0.467 e. The molecule has 5 rings (SSSR count). The normalized spacial score (nSPS) is 11.7. The average Bonchev–Trinajstić information content (AvgIpc) is 3.32. The Bertz CT molecular complexity index is 1400. The standard InChI is InChI=1S/C24H24N2O6/c1-27-13-30-21-12-18-16-8-4-6-10-19(16)25(31-14-28-2)23(18)24-22(21)17-9-5-7-11-20(17)26(24)32-15-29-3/h4-12H,13-15H2,1-3H3. The van der Waals surface area contributed by atoms with Crippen molar-refractivity contribution in [3.05, 3.63) is 54.6 Å². The number of hydrogen-bond acceptors (Lipinski definition) is 6. The lowest BCUT2D eigenvalue weighted by molar-refractivity contribution is -0.0320. The second-order valence-electron chi connectivity index (χ2n) is 7.24. The van der Waals surface area contributed by atoms with E-state index in [-0.39, 0.29) is 20.4 Å². The van der Waals surface area contributed by atoms with Gasteiger partial charge >= 0.3 is 0 Å². The summed E-state index contributed by atoms with van der Waals surface area (Å²) in [5, 5.41) is 3.85. The highest BCUT2D eigenvalue weighted by atomic mass is 16.8. The van der Waals surface area contributed by atoms with Crippen LogP contribution in [0.2, 0.25) is 0 Å². The van der Waals surface area contributed by atoms with Gasteiger partial charge in [0.25, 0.3) is 0 Å². The Morgan fingerprint density at radius 2 is 1.19 bits per heavy atom. The zero-order valence-corrected chi connectivity index (χ0v) is 18.2. The Morgan fingerprint density at radius 1 is 0.625 bits per heavy atom. The van der Waals surface area contributed by atoms with Crippen LogP contribution in [0.1, 0.15) is 0 Å². The molecule has 2 heterocycles. The first-order chi connectivity index (χ1) is 15.8. The summed E-state index contributed by atoms with van der Waals surface area (Å²) in [6, 6.07) is 18.1. The molecule has 3 aromatic carbocycles. The van der Waals surface area contributed by atoms with Crippen molar-refractivity contribution in [3.63, 3.8) is 0 Å². The van der Waals surface area contributed by atoms with Crippen molar-refractivity contribution >= 4 is 43.6 Å². The molecule has 0 amide bonds. The average molecular weight is 436 g/mol. The maximum Gasteiger partial charge on any atom is 0.214 e. The van der Waals surface area contributed by atoms with E-state index in [0.29, 0.717) is 5.75 Å². The molecule has 0 aliphatic carbocycles. The van der Waals surface area contributed by atoms with Crippen LogP contribution >= 0.6 is 0 Å². The van der Waals surface area contributed by atoms with Crippen molar-refractivity contribution < 1.29 is 28.6 Å². The monoisotopic (exact) mass is 436 g/mol. The maximum atomic E-state index is 6.05. The molecule has 166 valence electrons. The van der Waals surface area contributed by atoms with Gasteiger partial charge in [-0.25, -0.2) is 0 Å². The quantitative estimate of drug-likeness (QED) is 0.326. The van der Waals surface area contributed by atoms with Gasteiger partial charge in [-0.15, -0.1) is 0 Å². The molecule has 0 bridgehead atoms. The van der Waals surface area contributed by atoms with Crippen molar-refractivity contribution in [3.8, 4) is 5.75 Å². The van der Waals surface area contributed by atoms with Crippen LogP contribution in [0.25, 0.3) is 43.6 Å². The van der Waals surface area contributed by atoms with E-state index in [4.69, 9.17) is 28.6 Å². The lowest BCUT2D eigenvalue weighted by atomic mass is 10.1. The molecule has 8 nitrogen and oxygen atoms in total. The van der Waals surface area contributed by atoms with Crippen LogP contribution in [0.4, 0.5) is 0 Å². The molecular weight excluding hydrogens is 412 g/mol. The molecule has 0 atom stereocenters. The minimum atomic E-state index is 0.0809. The number of methoxy groups -OCH3 is 3. The molecule has 0 spiro atoms. The highest BCUT2D eigenvalue weighted by Crippen LogP contribution is 2.43. The van der Waals surface area contributed by atoms with Gasteiger partial charge < -0.3 is 28.6 Å². The van der Waals surface area contributed by atoms with Gasteiger partial charge in [0.15, 0.2) is 6.79 Å². The van der Waals surface area contributed by atoms with Crippen molar-refractivity contribution in [2.45, 2.75) is 0 Å². The van der Waals surface area contributed by atoms with Crippen molar-refractivity contribution in [2.24, 2.45) is 0 Å². The zero-order chi connectivity index (χ0) is 22.1. The fraction of sp³-hybridized carbons (Fsp3) is 0.250. The van der Waals surface area contributed by atoms with E-state index in [2.05, 4.69) is 6.07 Å². The molecule has 0 N–H and O–H groups in total. The predicted octanol–water partition coefficient (Wildman–Crippen LogP) is 3.95. The van der Waals surface area contributed by atoms with E-state index in [1.165, 1.54) is 0 Å². The fourth-order valence-electron chi connectivity index (χ4n) is 4.20. The van der Waals surface area contributed by atoms with Crippen LogP contribution < -0.4 is 14.4 Å². The summed E-state index contributed by atoms with van der Waals surface area (Å²) in [5.74, 6) is 0.694. The molecule has 0 aliphatic heterocycles. The summed E-state index contributed by atoms with van der Waals surface area (Å²) in [6.07, 6.45) is 0. The highest BCUT2D eigenvalue weighted by molar-refractivity contribution is 6.24. The Morgan fingerprint density at radius 3 is 1.84 bits per heavy atom. The molecule has 0 radical (unpaired) electrons. The molecule has 5 aromatic rings. The maximum absolute atomic E-state index is 6.05. The van der Waals surface area contributed by atoms with Crippen molar-refractivity contribution in [2.75, 3.05) is 41.7 Å².